The summed E-state index contributed by atoms with van der Waals surface area (Å²) in [5.41, 5.74) is -0.127. The van der Waals surface area contributed by atoms with Crippen molar-refractivity contribution in [2.75, 3.05) is 0 Å². The van der Waals surface area contributed by atoms with Crippen LogP contribution in [0, 0.1) is 5.92 Å². The largest absolute Gasteiger partial charge is 0.487 e. The van der Waals surface area contributed by atoms with Gasteiger partial charge in [0, 0.05) is 5.39 Å². The maximum absolute atomic E-state index is 13.2. The van der Waals surface area contributed by atoms with Gasteiger partial charge in [-0.2, -0.15) is 13.2 Å². The van der Waals surface area contributed by atoms with Crippen molar-refractivity contribution in [3.8, 4) is 5.75 Å². The highest BCUT2D eigenvalue weighted by atomic mass is 19.4. The molecular formula is C29H30F3NO4. The molecule has 0 aliphatic rings. The zero-order valence-electron chi connectivity index (χ0n) is 20.6. The van der Waals surface area contributed by atoms with E-state index in [0.29, 0.717) is 17.4 Å². The molecule has 2 unspecified atom stereocenters. The Hall–Kier alpha value is -3.81. The van der Waals surface area contributed by atoms with Crippen LogP contribution >= 0.6 is 0 Å². The molecular weight excluding hydrogens is 483 g/mol. The Morgan fingerprint density at radius 1 is 1.05 bits per heavy atom. The molecule has 0 aromatic heterocycles. The minimum Gasteiger partial charge on any atom is -0.487 e. The van der Waals surface area contributed by atoms with Gasteiger partial charge in [0.1, 0.15) is 18.4 Å². The number of fused-ring (bicyclic) bond motifs is 1. The second-order valence-corrected chi connectivity index (χ2v) is 8.89. The number of amides is 1. The fraction of sp³-hybridized carbons (Fsp3) is 0.310. The quantitative estimate of drug-likeness (QED) is 0.256. The molecule has 1 amide bonds. The van der Waals surface area contributed by atoms with Crippen LogP contribution in [0.25, 0.3) is 10.8 Å². The summed E-state index contributed by atoms with van der Waals surface area (Å²) in [5.74, 6) is -1.22. The molecule has 0 heterocycles. The van der Waals surface area contributed by atoms with Crippen molar-refractivity contribution in [2.45, 2.75) is 51.4 Å². The monoisotopic (exact) mass is 513 g/mol. The van der Waals surface area contributed by atoms with E-state index in [-0.39, 0.29) is 30.3 Å². The highest BCUT2D eigenvalue weighted by Crippen LogP contribution is 2.32. The summed E-state index contributed by atoms with van der Waals surface area (Å²) < 4.78 is 44.6. The number of aliphatic carboxylic acids is 1. The third kappa shape index (κ3) is 7.35. The number of allylic oxidation sites excluding steroid dienone is 1. The molecule has 3 aromatic carbocycles. The van der Waals surface area contributed by atoms with Crippen molar-refractivity contribution < 1.29 is 32.6 Å². The van der Waals surface area contributed by atoms with E-state index in [1.54, 1.807) is 30.3 Å². The lowest BCUT2D eigenvalue weighted by atomic mass is 9.94. The molecule has 0 saturated carbocycles. The first-order valence-corrected chi connectivity index (χ1v) is 12.1. The Labute approximate surface area is 214 Å². The van der Waals surface area contributed by atoms with E-state index in [4.69, 9.17) is 4.74 Å². The lowest BCUT2D eigenvalue weighted by molar-refractivity contribution is -0.139. The average molecular weight is 514 g/mol. The molecule has 37 heavy (non-hydrogen) atoms. The Bertz CT molecular complexity index is 1240. The number of rotatable bonds is 12. The summed E-state index contributed by atoms with van der Waals surface area (Å²) >= 11 is 0. The smallest absolute Gasteiger partial charge is 0.416 e. The van der Waals surface area contributed by atoms with E-state index in [9.17, 15) is 27.9 Å². The topological polar surface area (TPSA) is 75.6 Å². The molecule has 3 aromatic rings. The van der Waals surface area contributed by atoms with Gasteiger partial charge in [0.05, 0.1) is 11.1 Å². The van der Waals surface area contributed by atoms with Crippen LogP contribution in [0.1, 0.15) is 54.1 Å². The van der Waals surface area contributed by atoms with Gasteiger partial charge in [-0.15, -0.1) is 6.58 Å². The average Bonchev–Trinajstić information content (AvgIpc) is 2.88. The van der Waals surface area contributed by atoms with Crippen molar-refractivity contribution in [3.05, 3.63) is 90.0 Å². The fourth-order valence-corrected chi connectivity index (χ4v) is 4.14. The van der Waals surface area contributed by atoms with Gasteiger partial charge in [0.2, 0.25) is 0 Å². The maximum Gasteiger partial charge on any atom is 0.416 e. The summed E-state index contributed by atoms with van der Waals surface area (Å²) in [6, 6.07) is 14.0. The zero-order valence-corrected chi connectivity index (χ0v) is 20.6. The summed E-state index contributed by atoms with van der Waals surface area (Å²) in [6.45, 7) is 5.69. The Morgan fingerprint density at radius 3 is 2.38 bits per heavy atom. The van der Waals surface area contributed by atoms with Crippen molar-refractivity contribution in [1.82, 2.24) is 5.32 Å². The lowest BCUT2D eigenvalue weighted by Gasteiger charge is -2.20. The van der Waals surface area contributed by atoms with E-state index < -0.39 is 29.7 Å². The zero-order chi connectivity index (χ0) is 27.0. The normalized spacial score (nSPS) is 13.1. The van der Waals surface area contributed by atoms with Gasteiger partial charge in [-0.05, 0) is 54.3 Å². The fourth-order valence-electron chi connectivity index (χ4n) is 4.14. The van der Waals surface area contributed by atoms with E-state index in [1.165, 1.54) is 12.1 Å². The second kappa shape index (κ2) is 12.4. The summed E-state index contributed by atoms with van der Waals surface area (Å²) in [6.07, 6.45) is -0.110. The van der Waals surface area contributed by atoms with Crippen LogP contribution in [0.15, 0.2) is 73.3 Å². The number of hydrogen-bond donors (Lipinski definition) is 2. The highest BCUT2D eigenvalue weighted by Gasteiger charge is 2.30. The standard InChI is InChI=1S/C29H30F3NO4/c1-3-7-19(4-2)12-17-25(28(35)36)33-27(34)24-16-13-21-8-5-6-9-23(21)26(24)37-18-20-10-14-22(15-11-20)29(30,31)32/h3,5-6,8-11,13-16,19,25H,1,4,7,12,17-18H2,2H3,(H,33,34)(H,35,36). The molecule has 0 aliphatic heterocycles. The minimum atomic E-state index is -4.44. The van der Waals surface area contributed by atoms with Crippen molar-refractivity contribution in [1.29, 1.82) is 0 Å². The van der Waals surface area contributed by atoms with Crippen LogP contribution in [0.2, 0.25) is 0 Å². The number of carboxylic acid groups (broad SMARTS) is 1. The summed E-state index contributed by atoms with van der Waals surface area (Å²) in [4.78, 5) is 25.1. The molecule has 196 valence electrons. The van der Waals surface area contributed by atoms with E-state index in [1.807, 2.05) is 19.1 Å². The third-order valence-electron chi connectivity index (χ3n) is 6.33. The molecule has 8 heteroatoms. The molecule has 2 atom stereocenters. The van der Waals surface area contributed by atoms with E-state index in [2.05, 4.69) is 11.9 Å². The molecule has 0 saturated heterocycles. The summed E-state index contributed by atoms with van der Waals surface area (Å²) in [5, 5.41) is 13.8. The molecule has 3 rings (SSSR count). The molecule has 0 bridgehead atoms. The molecule has 5 nitrogen and oxygen atoms in total. The van der Waals surface area contributed by atoms with Crippen molar-refractivity contribution >= 4 is 22.6 Å². The Balaban J connectivity index is 1.84. The van der Waals surface area contributed by atoms with Crippen LogP contribution in [-0.2, 0) is 17.6 Å². The Kier molecular flexibility index (Phi) is 9.33. The SMILES string of the molecule is C=CCC(CC)CCC(NC(=O)c1ccc2ccccc2c1OCc1ccc(C(F)(F)F)cc1)C(=O)O. The van der Waals surface area contributed by atoms with Gasteiger partial charge < -0.3 is 15.2 Å². The molecule has 0 spiro atoms. The number of ether oxygens (including phenoxy) is 1. The van der Waals surface area contributed by atoms with Crippen LogP contribution < -0.4 is 10.1 Å². The number of nitrogens with one attached hydrogen (secondary N) is 1. The van der Waals surface area contributed by atoms with Gasteiger partial charge in [-0.25, -0.2) is 4.79 Å². The van der Waals surface area contributed by atoms with Crippen LogP contribution in [-0.4, -0.2) is 23.0 Å². The van der Waals surface area contributed by atoms with Crippen LogP contribution in [0.4, 0.5) is 13.2 Å². The summed E-state index contributed by atoms with van der Waals surface area (Å²) in [7, 11) is 0. The first-order chi connectivity index (χ1) is 17.6. The number of carboxylic acids is 1. The van der Waals surface area contributed by atoms with Crippen LogP contribution in [0.3, 0.4) is 0 Å². The molecule has 0 fully saturated rings. The highest BCUT2D eigenvalue weighted by molar-refractivity contribution is 6.04. The van der Waals surface area contributed by atoms with Gasteiger partial charge in [0.15, 0.2) is 0 Å². The third-order valence-corrected chi connectivity index (χ3v) is 6.33. The first-order valence-electron chi connectivity index (χ1n) is 12.1. The molecule has 2 N–H and O–H groups in total. The predicted molar refractivity (Wildman–Crippen MR) is 136 cm³/mol. The maximum atomic E-state index is 13.2. The number of carbonyl (C=O) groups is 2. The van der Waals surface area contributed by atoms with Crippen LogP contribution in [0.5, 0.6) is 5.75 Å². The second-order valence-electron chi connectivity index (χ2n) is 8.89. The number of carbonyl (C=O) groups excluding carboxylic acids is 1. The molecule has 0 aliphatic carbocycles. The number of halogens is 3. The molecule has 0 radical (unpaired) electrons. The van der Waals surface area contributed by atoms with Gasteiger partial charge in [-0.1, -0.05) is 61.9 Å². The minimum absolute atomic E-state index is 0.0749. The Morgan fingerprint density at radius 2 is 1.76 bits per heavy atom. The van der Waals surface area contributed by atoms with Crippen molar-refractivity contribution in [2.24, 2.45) is 5.92 Å². The van der Waals surface area contributed by atoms with Gasteiger partial charge in [-0.3, -0.25) is 4.79 Å². The number of hydrogen-bond acceptors (Lipinski definition) is 3. The number of alkyl halides is 3. The number of benzene rings is 3. The van der Waals surface area contributed by atoms with Crippen molar-refractivity contribution in [3.63, 3.8) is 0 Å². The first kappa shape index (κ1) is 27.8. The van der Waals surface area contributed by atoms with Gasteiger partial charge >= 0.3 is 12.1 Å². The van der Waals surface area contributed by atoms with E-state index >= 15 is 0 Å². The predicted octanol–water partition coefficient (Wildman–Crippen LogP) is 7.00. The van der Waals surface area contributed by atoms with Gasteiger partial charge in [0.25, 0.3) is 5.91 Å². The lowest BCUT2D eigenvalue weighted by Crippen LogP contribution is -2.41. The van der Waals surface area contributed by atoms with E-state index in [0.717, 1.165) is 30.4 Å².